The number of phenolic OH excluding ortho intramolecular Hbond substituents is 2. The highest BCUT2D eigenvalue weighted by atomic mass is 16.7. The third-order valence-electron chi connectivity index (χ3n) is 12.1. The molecule has 3 heterocycles. The Bertz CT molecular complexity index is 2670. The number of rotatable bonds is 6. The summed E-state index contributed by atoms with van der Waals surface area (Å²) in [4.78, 5) is 71.8. The van der Waals surface area contributed by atoms with Crippen LogP contribution in [-0.4, -0.2) is 99.4 Å². The van der Waals surface area contributed by atoms with Gasteiger partial charge in [-0.2, -0.15) is 0 Å². The highest BCUT2D eigenvalue weighted by Gasteiger charge is 2.50. The molecular formula is C47H55N3O15. The number of carbonyl (C=O) groups excluding carboxylic acids is 4. The minimum Gasteiger partial charge on any atom is -0.507 e. The second-order valence-electron chi connectivity index (χ2n) is 16.8. The molecule has 0 fully saturated rings. The summed E-state index contributed by atoms with van der Waals surface area (Å²) in [7, 11) is 1.42. The van der Waals surface area contributed by atoms with E-state index < -0.39 is 99.5 Å². The zero-order chi connectivity index (χ0) is 47.8. The first kappa shape index (κ1) is 48.0. The lowest BCUT2D eigenvalue weighted by Crippen LogP contribution is -2.46. The van der Waals surface area contributed by atoms with E-state index in [-0.39, 0.29) is 75.2 Å². The molecule has 0 unspecified atom stereocenters. The predicted octanol–water partition coefficient (Wildman–Crippen LogP) is 5.17. The van der Waals surface area contributed by atoms with Crippen molar-refractivity contribution < 1.29 is 67.7 Å². The van der Waals surface area contributed by atoms with Crippen LogP contribution in [0.15, 0.2) is 57.5 Å². The van der Waals surface area contributed by atoms with Gasteiger partial charge in [-0.15, -0.1) is 0 Å². The van der Waals surface area contributed by atoms with Crippen LogP contribution in [0.1, 0.15) is 71.3 Å². The Labute approximate surface area is 374 Å². The molecule has 6 rings (SSSR count). The van der Waals surface area contributed by atoms with Gasteiger partial charge >= 0.3 is 11.8 Å². The first-order chi connectivity index (χ1) is 30.6. The molecule has 0 spiro atoms. The second-order valence-corrected chi connectivity index (χ2v) is 16.8. The summed E-state index contributed by atoms with van der Waals surface area (Å²) in [5.74, 6) is -8.58. The molecule has 1 aliphatic carbocycles. The number of hydrogen-bond acceptors (Lipinski definition) is 16. The SMILES string of the molecule is CO[C@H]1/C=C/O[C@@]2(C)Oc3c(C)c(O)c4c(=O)c(c5oc6cc(OCCNC(C)=O)cc(O)c6nc-5c4c3C2=O)NC(=O)/C(C)=C\C=C\[C@H](C)[C@H](O)[C@@H](C)[C@@H](O)[C@@H](C)[C@H](OC(C)=O)[C@@H]1C. The highest BCUT2D eigenvalue weighted by molar-refractivity contribution is 6.22. The number of aliphatic hydroxyl groups is 2. The van der Waals surface area contributed by atoms with Crippen molar-refractivity contribution in [2.24, 2.45) is 23.7 Å². The standard InChI is InChI=1S/C47H55N3O15/c1-20-12-11-13-21(2)46(59)50-37-41(57)33-32(36-44(37)64-31-19-28(18-29(53)35(31)49-36)61-17-15-48-26(7)51)34-43(25(6)40(33)56)65-47(9,45(34)58)62-16-14-30(60-10)22(3)42(63-27(8)52)24(5)39(55)23(4)38(20)54/h11-14,16,18-20,22-24,30,38-39,42,53-56H,15,17H2,1-10H3,(H,48,51)(H,50,59)/b12-11+,16-14+,21-13-/t20-,22+,23+,24+,30-,38-,39+,42+,47-/m0/s1. The maximum absolute atomic E-state index is 14.7. The maximum Gasteiger partial charge on any atom is 0.312 e. The van der Waals surface area contributed by atoms with E-state index in [9.17, 15) is 44.4 Å². The molecule has 0 saturated heterocycles. The lowest BCUT2D eigenvalue weighted by atomic mass is 9.78. The molecule has 65 heavy (non-hydrogen) atoms. The van der Waals surface area contributed by atoms with E-state index in [0.717, 1.165) is 0 Å². The van der Waals surface area contributed by atoms with E-state index in [2.05, 4.69) is 15.6 Å². The Morgan fingerprint density at radius 3 is 2.34 bits per heavy atom. The molecule has 2 aromatic rings. The molecule has 18 nitrogen and oxygen atoms in total. The molecular weight excluding hydrogens is 847 g/mol. The minimum absolute atomic E-state index is 0.00932. The van der Waals surface area contributed by atoms with Gasteiger partial charge in [0.15, 0.2) is 11.3 Å². The molecule has 9 atom stereocenters. The molecule has 4 bridgehead atoms. The number of esters is 1. The van der Waals surface area contributed by atoms with Gasteiger partial charge < -0.3 is 59.2 Å². The predicted molar refractivity (Wildman–Crippen MR) is 237 cm³/mol. The molecule has 2 amide bonds. The van der Waals surface area contributed by atoms with Crippen molar-refractivity contribution in [2.75, 3.05) is 25.6 Å². The van der Waals surface area contributed by atoms with Gasteiger partial charge in [0.25, 0.3) is 11.7 Å². The maximum atomic E-state index is 14.7. The molecule has 6 N–H and O–H groups in total. The first-order valence-corrected chi connectivity index (χ1v) is 21.1. The van der Waals surface area contributed by atoms with E-state index in [0.29, 0.717) is 0 Å². The van der Waals surface area contributed by atoms with Crippen molar-refractivity contribution in [3.8, 4) is 34.5 Å². The van der Waals surface area contributed by atoms with Crippen molar-refractivity contribution in [2.45, 2.75) is 92.5 Å². The summed E-state index contributed by atoms with van der Waals surface area (Å²) in [6.07, 6.45) is 3.24. The normalized spacial score (nSPS) is 28.3. The van der Waals surface area contributed by atoms with Crippen LogP contribution in [0.4, 0.5) is 5.69 Å². The lowest BCUT2D eigenvalue weighted by molar-refractivity contribution is -0.160. The largest absolute Gasteiger partial charge is 0.507 e. The van der Waals surface area contributed by atoms with Gasteiger partial charge in [0.1, 0.15) is 52.6 Å². The topological polar surface area (TPSA) is 263 Å². The second kappa shape index (κ2) is 18.9. The number of anilines is 1. The quantitative estimate of drug-likeness (QED) is 0.0631. The van der Waals surface area contributed by atoms with Crippen LogP contribution in [0.5, 0.6) is 23.0 Å². The van der Waals surface area contributed by atoms with Gasteiger partial charge in [0, 0.05) is 80.2 Å². The number of ether oxygens (including phenoxy) is 5. The van der Waals surface area contributed by atoms with Crippen LogP contribution in [0.2, 0.25) is 0 Å². The van der Waals surface area contributed by atoms with E-state index in [1.165, 1.54) is 72.3 Å². The number of amides is 2. The van der Waals surface area contributed by atoms with Crippen LogP contribution >= 0.6 is 0 Å². The lowest BCUT2D eigenvalue weighted by Gasteiger charge is -2.38. The van der Waals surface area contributed by atoms with Crippen molar-refractivity contribution in [3.05, 3.63) is 69.6 Å². The van der Waals surface area contributed by atoms with Gasteiger partial charge in [-0.1, -0.05) is 45.9 Å². The summed E-state index contributed by atoms with van der Waals surface area (Å²) in [6, 6.07) is 2.64. The zero-order valence-corrected chi connectivity index (χ0v) is 37.8. The van der Waals surface area contributed by atoms with Crippen LogP contribution in [0.3, 0.4) is 0 Å². The summed E-state index contributed by atoms with van der Waals surface area (Å²) in [6.45, 7) is 13.8. The molecule has 0 radical (unpaired) electrons. The Hall–Kier alpha value is -6.50. The smallest absolute Gasteiger partial charge is 0.312 e. The number of benzene rings is 3. The molecule has 2 aromatic carbocycles. The molecule has 0 aromatic heterocycles. The van der Waals surface area contributed by atoms with Crippen molar-refractivity contribution >= 4 is 51.1 Å². The third-order valence-corrected chi connectivity index (χ3v) is 12.1. The Morgan fingerprint density at radius 2 is 1.68 bits per heavy atom. The van der Waals surface area contributed by atoms with Crippen molar-refractivity contribution in [1.29, 1.82) is 0 Å². The summed E-state index contributed by atoms with van der Waals surface area (Å²) in [5, 5.41) is 50.5. The summed E-state index contributed by atoms with van der Waals surface area (Å²) < 4.78 is 35.7. The van der Waals surface area contributed by atoms with E-state index in [1.54, 1.807) is 39.8 Å². The van der Waals surface area contributed by atoms with E-state index in [1.807, 2.05) is 0 Å². The molecule has 18 heteroatoms. The average molecular weight is 902 g/mol. The fourth-order valence-corrected chi connectivity index (χ4v) is 8.34. The van der Waals surface area contributed by atoms with Crippen molar-refractivity contribution in [1.82, 2.24) is 10.3 Å². The molecule has 0 saturated carbocycles. The number of nitrogens with one attached hydrogen (secondary N) is 2. The monoisotopic (exact) mass is 901 g/mol. The number of methoxy groups -OCH3 is 1. The number of phenols is 2. The Balaban J connectivity index is 1.58. The number of fused-ring (bicyclic) bond motifs is 2. The number of allylic oxidation sites excluding steroid dienone is 2. The summed E-state index contributed by atoms with van der Waals surface area (Å²) >= 11 is 0. The summed E-state index contributed by atoms with van der Waals surface area (Å²) in [5.41, 5.74) is -1.97. The van der Waals surface area contributed by atoms with Crippen LogP contribution in [0.25, 0.3) is 33.3 Å². The number of hydrogen-bond donors (Lipinski definition) is 6. The Kier molecular flexibility index (Phi) is 14.0. The fourth-order valence-electron chi connectivity index (χ4n) is 8.34. The number of carbonyl (C=O) groups is 4. The van der Waals surface area contributed by atoms with Gasteiger partial charge in [0.05, 0.1) is 42.1 Å². The van der Waals surface area contributed by atoms with Crippen LogP contribution in [-0.2, 0) is 28.6 Å². The van der Waals surface area contributed by atoms with Gasteiger partial charge in [0.2, 0.25) is 11.3 Å². The van der Waals surface area contributed by atoms with E-state index in [4.69, 9.17) is 28.1 Å². The fraction of sp³-hybridized carbons (Fsp3) is 0.447. The minimum atomic E-state index is -2.11. The van der Waals surface area contributed by atoms with E-state index >= 15 is 0 Å². The molecule has 3 aliphatic heterocycles. The zero-order valence-electron chi connectivity index (χ0n) is 37.8. The first-order valence-electron chi connectivity index (χ1n) is 21.1. The number of aromatic hydroxyl groups is 2. The van der Waals surface area contributed by atoms with Crippen LogP contribution < -0.4 is 25.5 Å². The average Bonchev–Trinajstić information content (AvgIpc) is 3.52. The molecule has 348 valence electrons. The van der Waals surface area contributed by atoms with Gasteiger partial charge in [-0.3, -0.25) is 24.0 Å². The Morgan fingerprint density at radius 1 is 0.969 bits per heavy atom. The number of aromatic nitrogens is 1. The third kappa shape index (κ3) is 9.23. The number of aliphatic hydroxyl groups excluding tert-OH is 2. The number of ketones is 1. The number of Topliss-reactive ketones (excluding diaryl/α,β-unsaturated/α-hetero) is 1. The highest BCUT2D eigenvalue weighted by Crippen LogP contribution is 2.51. The van der Waals surface area contributed by atoms with Crippen LogP contribution in [0, 0.1) is 30.6 Å². The molecule has 4 aliphatic rings. The number of nitrogens with zero attached hydrogens (tertiary/aromatic N) is 1. The van der Waals surface area contributed by atoms with Crippen molar-refractivity contribution in [3.63, 3.8) is 0 Å². The van der Waals surface area contributed by atoms with Gasteiger partial charge in [-0.05, 0) is 19.9 Å². The van der Waals surface area contributed by atoms with Gasteiger partial charge in [-0.25, -0.2) is 4.98 Å².